The zero-order chi connectivity index (χ0) is 15.4. The van der Waals surface area contributed by atoms with Crippen LogP contribution in [0.4, 0.5) is 13.2 Å². The standard InChI is InChI=1S/C15H18F3N3/c1-3-4-19-13(9-14-20-5-6-21(14)2)10-7-11(16)15(18)12(17)8-10/h5-8,13,19H,3-4,9H2,1-2H3. The highest BCUT2D eigenvalue weighted by Gasteiger charge is 2.18. The highest BCUT2D eigenvalue weighted by atomic mass is 19.2. The van der Waals surface area contributed by atoms with Crippen LogP contribution < -0.4 is 5.32 Å². The SMILES string of the molecule is CCCNC(Cc1nccn1C)c1cc(F)c(F)c(F)c1. The van der Waals surface area contributed by atoms with Gasteiger partial charge in [-0.05, 0) is 30.7 Å². The first-order valence-corrected chi connectivity index (χ1v) is 6.87. The fraction of sp³-hybridized carbons (Fsp3) is 0.400. The molecule has 1 aromatic carbocycles. The minimum Gasteiger partial charge on any atom is -0.338 e. The van der Waals surface area contributed by atoms with Crippen LogP contribution in [0.5, 0.6) is 0 Å². The first kappa shape index (κ1) is 15.6. The minimum absolute atomic E-state index is 0.323. The normalized spacial score (nSPS) is 12.6. The molecule has 0 saturated heterocycles. The molecule has 0 radical (unpaired) electrons. The molecular weight excluding hydrogens is 279 g/mol. The van der Waals surface area contributed by atoms with E-state index in [1.54, 1.807) is 12.4 Å². The van der Waals surface area contributed by atoms with Gasteiger partial charge in [0.15, 0.2) is 17.5 Å². The van der Waals surface area contributed by atoms with E-state index in [9.17, 15) is 13.2 Å². The van der Waals surface area contributed by atoms with E-state index in [4.69, 9.17) is 0 Å². The summed E-state index contributed by atoms with van der Waals surface area (Å²) in [5.74, 6) is -3.00. The minimum atomic E-state index is -1.44. The molecule has 1 atom stereocenters. The van der Waals surface area contributed by atoms with Crippen LogP contribution in [0.2, 0.25) is 0 Å². The molecule has 2 aromatic rings. The van der Waals surface area contributed by atoms with Gasteiger partial charge in [-0.3, -0.25) is 0 Å². The van der Waals surface area contributed by atoms with Crippen LogP contribution >= 0.6 is 0 Å². The van der Waals surface area contributed by atoms with E-state index < -0.39 is 17.5 Å². The molecule has 0 aliphatic heterocycles. The zero-order valence-corrected chi connectivity index (χ0v) is 12.0. The second kappa shape index (κ2) is 6.76. The molecule has 1 unspecified atom stereocenters. The predicted octanol–water partition coefficient (Wildman–Crippen LogP) is 3.12. The Morgan fingerprint density at radius 2 is 1.90 bits per heavy atom. The molecule has 0 saturated carbocycles. The van der Waals surface area contributed by atoms with Gasteiger partial charge in [0.2, 0.25) is 0 Å². The van der Waals surface area contributed by atoms with Crippen molar-refractivity contribution in [1.82, 2.24) is 14.9 Å². The number of hydrogen-bond donors (Lipinski definition) is 1. The molecule has 3 nitrogen and oxygen atoms in total. The van der Waals surface area contributed by atoms with Crippen molar-refractivity contribution in [3.8, 4) is 0 Å². The van der Waals surface area contributed by atoms with E-state index in [-0.39, 0.29) is 6.04 Å². The van der Waals surface area contributed by atoms with Crippen molar-refractivity contribution < 1.29 is 13.2 Å². The van der Waals surface area contributed by atoms with Crippen molar-refractivity contribution in [2.75, 3.05) is 6.54 Å². The van der Waals surface area contributed by atoms with E-state index in [1.807, 2.05) is 18.5 Å². The van der Waals surface area contributed by atoms with Crippen LogP contribution in [0.1, 0.15) is 30.8 Å². The van der Waals surface area contributed by atoms with Gasteiger partial charge in [-0.2, -0.15) is 0 Å². The first-order valence-electron chi connectivity index (χ1n) is 6.87. The summed E-state index contributed by atoms with van der Waals surface area (Å²) in [4.78, 5) is 4.21. The summed E-state index contributed by atoms with van der Waals surface area (Å²) in [6, 6.07) is 1.75. The molecular formula is C15H18F3N3. The van der Waals surface area contributed by atoms with Gasteiger partial charge in [-0.1, -0.05) is 6.92 Å². The molecule has 6 heteroatoms. The van der Waals surface area contributed by atoms with Gasteiger partial charge in [0.1, 0.15) is 5.82 Å². The fourth-order valence-corrected chi connectivity index (χ4v) is 2.18. The van der Waals surface area contributed by atoms with Crippen LogP contribution in [-0.4, -0.2) is 16.1 Å². The number of halogens is 3. The molecule has 1 aromatic heterocycles. The molecule has 0 spiro atoms. The maximum absolute atomic E-state index is 13.4. The number of aryl methyl sites for hydroxylation is 1. The molecule has 0 bridgehead atoms. The summed E-state index contributed by atoms with van der Waals surface area (Å²) in [5, 5.41) is 3.22. The Hall–Kier alpha value is -1.82. The van der Waals surface area contributed by atoms with Crippen LogP contribution in [0.3, 0.4) is 0 Å². The third kappa shape index (κ3) is 3.64. The van der Waals surface area contributed by atoms with E-state index >= 15 is 0 Å². The van der Waals surface area contributed by atoms with E-state index in [1.165, 1.54) is 0 Å². The Bertz CT molecular complexity index is 587. The van der Waals surface area contributed by atoms with Crippen LogP contribution in [0.25, 0.3) is 0 Å². The number of nitrogens with one attached hydrogen (secondary N) is 1. The zero-order valence-electron chi connectivity index (χ0n) is 12.0. The third-order valence-electron chi connectivity index (χ3n) is 3.36. The molecule has 0 aliphatic carbocycles. The summed E-state index contributed by atoms with van der Waals surface area (Å²) in [6.45, 7) is 2.69. The van der Waals surface area contributed by atoms with Crippen molar-refractivity contribution in [2.45, 2.75) is 25.8 Å². The van der Waals surface area contributed by atoms with Gasteiger partial charge < -0.3 is 9.88 Å². The second-order valence-corrected chi connectivity index (χ2v) is 4.96. The first-order chi connectivity index (χ1) is 10.0. The number of aromatic nitrogens is 2. The van der Waals surface area contributed by atoms with Gasteiger partial charge in [0, 0.05) is 31.9 Å². The monoisotopic (exact) mass is 297 g/mol. The van der Waals surface area contributed by atoms with Crippen LogP contribution in [-0.2, 0) is 13.5 Å². The Morgan fingerprint density at radius 3 is 2.43 bits per heavy atom. The Kier molecular flexibility index (Phi) is 5.01. The average Bonchev–Trinajstić information content (AvgIpc) is 2.85. The van der Waals surface area contributed by atoms with Crippen molar-refractivity contribution in [3.05, 3.63) is 53.4 Å². The van der Waals surface area contributed by atoms with Crippen molar-refractivity contribution in [2.24, 2.45) is 7.05 Å². The second-order valence-electron chi connectivity index (χ2n) is 4.96. The van der Waals surface area contributed by atoms with Crippen molar-refractivity contribution in [1.29, 1.82) is 0 Å². The smallest absolute Gasteiger partial charge is 0.194 e. The molecule has 2 rings (SSSR count). The Labute approximate surface area is 121 Å². The number of hydrogen-bond acceptors (Lipinski definition) is 2. The Morgan fingerprint density at radius 1 is 1.24 bits per heavy atom. The fourth-order valence-electron chi connectivity index (χ4n) is 2.18. The van der Waals surface area contributed by atoms with Crippen molar-refractivity contribution in [3.63, 3.8) is 0 Å². The molecule has 1 heterocycles. The summed E-state index contributed by atoms with van der Waals surface area (Å²) < 4.78 is 41.8. The number of benzene rings is 1. The highest BCUT2D eigenvalue weighted by molar-refractivity contribution is 5.23. The van der Waals surface area contributed by atoms with Gasteiger partial charge in [-0.25, -0.2) is 18.2 Å². The summed E-state index contributed by atoms with van der Waals surface area (Å²) >= 11 is 0. The van der Waals surface area contributed by atoms with E-state index in [0.29, 0.717) is 18.5 Å². The van der Waals surface area contributed by atoms with Gasteiger partial charge in [-0.15, -0.1) is 0 Å². The van der Waals surface area contributed by atoms with Crippen molar-refractivity contribution >= 4 is 0 Å². The number of imidazole rings is 1. The van der Waals surface area contributed by atoms with E-state index in [2.05, 4.69) is 10.3 Å². The molecule has 21 heavy (non-hydrogen) atoms. The molecule has 1 N–H and O–H groups in total. The lowest BCUT2D eigenvalue weighted by Gasteiger charge is -2.19. The lowest BCUT2D eigenvalue weighted by atomic mass is 10.0. The maximum atomic E-state index is 13.4. The average molecular weight is 297 g/mol. The quantitative estimate of drug-likeness (QED) is 0.830. The predicted molar refractivity (Wildman–Crippen MR) is 74.3 cm³/mol. The molecule has 114 valence electrons. The number of nitrogens with zero attached hydrogens (tertiary/aromatic N) is 2. The summed E-state index contributed by atoms with van der Waals surface area (Å²) in [6.07, 6.45) is 4.81. The van der Waals surface area contributed by atoms with Gasteiger partial charge >= 0.3 is 0 Å². The highest BCUT2D eigenvalue weighted by Crippen LogP contribution is 2.22. The maximum Gasteiger partial charge on any atom is 0.194 e. The third-order valence-corrected chi connectivity index (χ3v) is 3.36. The summed E-state index contributed by atoms with van der Waals surface area (Å²) in [7, 11) is 1.85. The molecule has 0 amide bonds. The largest absolute Gasteiger partial charge is 0.338 e. The van der Waals surface area contributed by atoms with Gasteiger partial charge in [0.25, 0.3) is 0 Å². The topological polar surface area (TPSA) is 29.9 Å². The van der Waals surface area contributed by atoms with E-state index in [0.717, 1.165) is 24.4 Å². The van der Waals surface area contributed by atoms with Gasteiger partial charge in [0.05, 0.1) is 0 Å². The lowest BCUT2D eigenvalue weighted by Crippen LogP contribution is -2.25. The Balaban J connectivity index is 2.29. The number of rotatable bonds is 6. The lowest BCUT2D eigenvalue weighted by molar-refractivity contribution is 0.437. The summed E-state index contributed by atoms with van der Waals surface area (Å²) in [5.41, 5.74) is 0.378. The van der Waals surface area contributed by atoms with Crippen LogP contribution in [0.15, 0.2) is 24.5 Å². The molecule has 0 aliphatic rings. The van der Waals surface area contributed by atoms with Crippen LogP contribution in [0, 0.1) is 17.5 Å². The molecule has 0 fully saturated rings.